The first-order valence-electron chi connectivity index (χ1n) is 6.67. The van der Waals surface area contributed by atoms with Crippen molar-refractivity contribution >= 4 is 5.91 Å². The summed E-state index contributed by atoms with van der Waals surface area (Å²) < 4.78 is 10.7. The van der Waals surface area contributed by atoms with Gasteiger partial charge in [-0.25, -0.2) is 0 Å². The number of morpholine rings is 1. The van der Waals surface area contributed by atoms with Crippen LogP contribution in [0.15, 0.2) is 40.9 Å². The summed E-state index contributed by atoms with van der Waals surface area (Å²) in [6, 6.07) is 11.3. The predicted octanol–water partition coefficient (Wildman–Crippen LogP) is 2.20. The van der Waals surface area contributed by atoms with Crippen molar-refractivity contribution in [3.8, 4) is 11.3 Å². The summed E-state index contributed by atoms with van der Waals surface area (Å²) in [6.45, 7) is 3.71. The Morgan fingerprint density at radius 2 is 2.15 bits per heavy atom. The van der Waals surface area contributed by atoms with Crippen molar-refractivity contribution < 1.29 is 14.1 Å². The Balaban J connectivity index is 1.78. The predicted molar refractivity (Wildman–Crippen MR) is 73.3 cm³/mol. The summed E-state index contributed by atoms with van der Waals surface area (Å²) in [7, 11) is 0. The largest absolute Gasteiger partial charge is 0.375 e. The molecule has 5 heteroatoms. The van der Waals surface area contributed by atoms with Crippen LogP contribution in [0.3, 0.4) is 0 Å². The van der Waals surface area contributed by atoms with E-state index in [9.17, 15) is 4.79 Å². The van der Waals surface area contributed by atoms with E-state index in [0.717, 1.165) is 5.56 Å². The average molecular weight is 272 g/mol. The lowest BCUT2D eigenvalue weighted by Gasteiger charge is -2.30. The third-order valence-corrected chi connectivity index (χ3v) is 3.32. The van der Waals surface area contributed by atoms with Gasteiger partial charge in [-0.15, -0.1) is 0 Å². The van der Waals surface area contributed by atoms with Crippen LogP contribution in [0.5, 0.6) is 0 Å². The van der Waals surface area contributed by atoms with Gasteiger partial charge >= 0.3 is 0 Å². The second-order valence-corrected chi connectivity index (χ2v) is 4.88. The molecule has 0 radical (unpaired) electrons. The van der Waals surface area contributed by atoms with Gasteiger partial charge in [0.05, 0.1) is 12.7 Å². The second kappa shape index (κ2) is 5.46. The van der Waals surface area contributed by atoms with Gasteiger partial charge in [0, 0.05) is 24.7 Å². The summed E-state index contributed by atoms with van der Waals surface area (Å²) in [6.07, 6.45) is 0.0631. The molecule has 2 aromatic rings. The average Bonchev–Trinajstić information content (AvgIpc) is 2.97. The zero-order valence-electron chi connectivity index (χ0n) is 11.3. The van der Waals surface area contributed by atoms with E-state index in [4.69, 9.17) is 9.26 Å². The number of carbonyl (C=O) groups is 1. The molecule has 20 heavy (non-hydrogen) atoms. The molecule has 5 nitrogen and oxygen atoms in total. The molecule has 1 saturated heterocycles. The van der Waals surface area contributed by atoms with Crippen molar-refractivity contribution in [1.82, 2.24) is 10.1 Å². The van der Waals surface area contributed by atoms with Gasteiger partial charge in [0.25, 0.3) is 5.91 Å². The molecule has 1 atom stereocenters. The van der Waals surface area contributed by atoms with Crippen LogP contribution in [0.1, 0.15) is 17.4 Å². The van der Waals surface area contributed by atoms with E-state index in [-0.39, 0.29) is 12.0 Å². The van der Waals surface area contributed by atoms with Gasteiger partial charge < -0.3 is 14.2 Å². The molecular weight excluding hydrogens is 256 g/mol. The Morgan fingerprint density at radius 1 is 1.35 bits per heavy atom. The van der Waals surface area contributed by atoms with Crippen molar-refractivity contribution in [3.63, 3.8) is 0 Å². The van der Waals surface area contributed by atoms with Crippen LogP contribution in [-0.4, -0.2) is 41.8 Å². The monoisotopic (exact) mass is 272 g/mol. The summed E-state index contributed by atoms with van der Waals surface area (Å²) in [4.78, 5) is 14.1. The van der Waals surface area contributed by atoms with E-state index in [2.05, 4.69) is 5.16 Å². The Kier molecular flexibility index (Phi) is 3.52. The highest BCUT2D eigenvalue weighted by Crippen LogP contribution is 2.20. The van der Waals surface area contributed by atoms with Crippen molar-refractivity contribution in [3.05, 3.63) is 42.1 Å². The topological polar surface area (TPSA) is 55.6 Å². The Bertz CT molecular complexity index is 594. The highest BCUT2D eigenvalue weighted by molar-refractivity contribution is 5.93. The quantitative estimate of drug-likeness (QED) is 0.841. The number of hydrogen-bond acceptors (Lipinski definition) is 4. The lowest BCUT2D eigenvalue weighted by molar-refractivity contribution is -0.0127. The molecule has 1 aliphatic rings. The number of carbonyl (C=O) groups excluding carboxylic acids is 1. The molecule has 1 aromatic carbocycles. The molecule has 2 heterocycles. The molecule has 1 aromatic heterocycles. The van der Waals surface area contributed by atoms with Crippen molar-refractivity contribution in [2.24, 2.45) is 0 Å². The molecule has 0 N–H and O–H groups in total. The van der Waals surface area contributed by atoms with Crippen LogP contribution in [0, 0.1) is 0 Å². The number of benzene rings is 1. The fraction of sp³-hybridized carbons (Fsp3) is 0.333. The van der Waals surface area contributed by atoms with E-state index in [1.165, 1.54) is 0 Å². The first-order valence-corrected chi connectivity index (χ1v) is 6.67. The van der Waals surface area contributed by atoms with Gasteiger partial charge in [-0.05, 0) is 6.92 Å². The van der Waals surface area contributed by atoms with Crippen LogP contribution in [0.4, 0.5) is 0 Å². The number of aromatic nitrogens is 1. The zero-order valence-corrected chi connectivity index (χ0v) is 11.3. The lowest BCUT2D eigenvalue weighted by atomic mass is 10.1. The summed E-state index contributed by atoms with van der Waals surface area (Å²) in [5.74, 6) is 0.501. The first kappa shape index (κ1) is 12.9. The van der Waals surface area contributed by atoms with Gasteiger partial charge in [-0.1, -0.05) is 35.5 Å². The van der Waals surface area contributed by atoms with Gasteiger partial charge in [0.2, 0.25) is 0 Å². The summed E-state index contributed by atoms with van der Waals surface area (Å²) >= 11 is 0. The maximum absolute atomic E-state index is 12.3. The molecule has 1 fully saturated rings. The lowest BCUT2D eigenvalue weighted by Crippen LogP contribution is -2.44. The van der Waals surface area contributed by atoms with E-state index in [1.54, 1.807) is 11.0 Å². The van der Waals surface area contributed by atoms with E-state index in [1.807, 2.05) is 37.3 Å². The van der Waals surface area contributed by atoms with Crippen LogP contribution in [0.25, 0.3) is 11.3 Å². The molecular formula is C15H16N2O3. The molecule has 0 bridgehead atoms. The number of nitrogens with zero attached hydrogens (tertiary/aromatic N) is 2. The maximum atomic E-state index is 12.3. The molecule has 104 valence electrons. The standard InChI is InChI=1S/C15H16N2O3/c1-11-10-17(7-8-19-11)15(18)13-9-14(20-16-13)12-5-3-2-4-6-12/h2-6,9,11H,7-8,10H2,1H3. The number of hydrogen-bond donors (Lipinski definition) is 0. The van der Waals surface area contributed by atoms with Crippen LogP contribution < -0.4 is 0 Å². The van der Waals surface area contributed by atoms with Gasteiger partial charge in [0.15, 0.2) is 11.5 Å². The highest BCUT2D eigenvalue weighted by Gasteiger charge is 2.25. The van der Waals surface area contributed by atoms with Crippen LogP contribution in [0.2, 0.25) is 0 Å². The molecule has 1 amide bonds. The first-order chi connectivity index (χ1) is 9.74. The minimum atomic E-state index is -0.105. The Hall–Kier alpha value is -2.14. The van der Waals surface area contributed by atoms with Gasteiger partial charge in [-0.2, -0.15) is 0 Å². The minimum Gasteiger partial charge on any atom is -0.375 e. The smallest absolute Gasteiger partial charge is 0.276 e. The molecule has 0 spiro atoms. The highest BCUT2D eigenvalue weighted by atomic mass is 16.5. The Morgan fingerprint density at radius 3 is 2.90 bits per heavy atom. The normalized spacial score (nSPS) is 19.1. The van der Waals surface area contributed by atoms with Gasteiger partial charge in [0.1, 0.15) is 0 Å². The SMILES string of the molecule is CC1CN(C(=O)c2cc(-c3ccccc3)on2)CCO1. The van der Waals surface area contributed by atoms with Crippen molar-refractivity contribution in [2.75, 3.05) is 19.7 Å². The zero-order chi connectivity index (χ0) is 13.9. The van der Waals surface area contributed by atoms with E-state index in [0.29, 0.717) is 31.2 Å². The van der Waals surface area contributed by atoms with Crippen LogP contribution >= 0.6 is 0 Å². The maximum Gasteiger partial charge on any atom is 0.276 e. The molecule has 0 aliphatic carbocycles. The number of amides is 1. The summed E-state index contributed by atoms with van der Waals surface area (Å²) in [5.41, 5.74) is 1.26. The number of rotatable bonds is 2. The van der Waals surface area contributed by atoms with Crippen molar-refractivity contribution in [1.29, 1.82) is 0 Å². The van der Waals surface area contributed by atoms with Crippen molar-refractivity contribution in [2.45, 2.75) is 13.0 Å². The molecule has 1 aliphatic heterocycles. The fourth-order valence-corrected chi connectivity index (χ4v) is 2.28. The summed E-state index contributed by atoms with van der Waals surface area (Å²) in [5, 5.41) is 3.89. The number of ether oxygens (including phenoxy) is 1. The molecule has 3 rings (SSSR count). The van der Waals surface area contributed by atoms with E-state index >= 15 is 0 Å². The third-order valence-electron chi connectivity index (χ3n) is 3.32. The molecule has 1 unspecified atom stereocenters. The minimum absolute atomic E-state index is 0.0631. The Labute approximate surface area is 117 Å². The van der Waals surface area contributed by atoms with Gasteiger partial charge in [-0.3, -0.25) is 4.79 Å². The van der Waals surface area contributed by atoms with E-state index < -0.39 is 0 Å². The third kappa shape index (κ3) is 2.58. The fourth-order valence-electron chi connectivity index (χ4n) is 2.28. The van der Waals surface area contributed by atoms with Crippen LogP contribution in [-0.2, 0) is 4.74 Å². The second-order valence-electron chi connectivity index (χ2n) is 4.88. The molecule has 0 saturated carbocycles.